The molecule has 0 spiro atoms. The van der Waals surface area contributed by atoms with Gasteiger partial charge >= 0.3 is 0 Å². The van der Waals surface area contributed by atoms with E-state index < -0.39 is 21.7 Å². The van der Waals surface area contributed by atoms with Crippen molar-refractivity contribution in [3.8, 4) is 5.75 Å². The summed E-state index contributed by atoms with van der Waals surface area (Å²) in [6.07, 6.45) is 1.13. The maximum Gasteiger partial charge on any atom is 0.264 e. The average Bonchev–Trinajstić information content (AvgIpc) is 3.00. The van der Waals surface area contributed by atoms with Crippen molar-refractivity contribution >= 4 is 48.3 Å². The van der Waals surface area contributed by atoms with Crippen molar-refractivity contribution in [1.82, 2.24) is 4.98 Å². The smallest absolute Gasteiger partial charge is 0.264 e. The molecule has 2 aromatic carbocycles. The van der Waals surface area contributed by atoms with Crippen LogP contribution < -0.4 is 15.8 Å². The number of sulfone groups is 1. The molecule has 3 N–H and O–H groups in total. The van der Waals surface area contributed by atoms with Gasteiger partial charge in [-0.15, -0.1) is 0 Å². The van der Waals surface area contributed by atoms with Crippen molar-refractivity contribution in [2.75, 3.05) is 18.2 Å². The van der Waals surface area contributed by atoms with Gasteiger partial charge in [-0.1, -0.05) is 17.4 Å². The SMILES string of the molecule is CS(=O)(=O)c1ccc2nc(NC(=O)COc3cccc(C(N)=O)c3)sc2c1. The van der Waals surface area contributed by atoms with Crippen LogP contribution in [0.1, 0.15) is 10.4 Å². The molecule has 0 bridgehead atoms. The van der Waals surface area contributed by atoms with Gasteiger partial charge in [-0.3, -0.25) is 14.9 Å². The lowest BCUT2D eigenvalue weighted by molar-refractivity contribution is -0.118. The molecule has 0 atom stereocenters. The van der Waals surface area contributed by atoms with Crippen LogP contribution in [0.25, 0.3) is 10.2 Å². The van der Waals surface area contributed by atoms with Gasteiger partial charge in [-0.05, 0) is 36.4 Å². The van der Waals surface area contributed by atoms with E-state index in [1.54, 1.807) is 24.3 Å². The number of carbonyl (C=O) groups is 2. The third kappa shape index (κ3) is 4.60. The number of hydrogen-bond acceptors (Lipinski definition) is 7. The molecule has 27 heavy (non-hydrogen) atoms. The summed E-state index contributed by atoms with van der Waals surface area (Å²) in [7, 11) is -3.32. The molecule has 1 heterocycles. The Balaban J connectivity index is 1.67. The average molecular weight is 405 g/mol. The van der Waals surface area contributed by atoms with E-state index in [4.69, 9.17) is 10.5 Å². The number of nitrogens with one attached hydrogen (secondary N) is 1. The zero-order chi connectivity index (χ0) is 19.6. The molecule has 0 saturated carbocycles. The summed E-state index contributed by atoms with van der Waals surface area (Å²) in [5.74, 6) is -0.696. The summed E-state index contributed by atoms with van der Waals surface area (Å²) < 4.78 is 29.2. The molecule has 3 aromatic rings. The van der Waals surface area contributed by atoms with E-state index in [9.17, 15) is 18.0 Å². The zero-order valence-corrected chi connectivity index (χ0v) is 15.8. The summed E-state index contributed by atoms with van der Waals surface area (Å²) >= 11 is 1.16. The molecule has 2 amide bonds. The van der Waals surface area contributed by atoms with Crippen molar-refractivity contribution in [3.63, 3.8) is 0 Å². The second kappa shape index (κ2) is 7.33. The van der Waals surface area contributed by atoms with E-state index in [1.807, 2.05) is 0 Å². The maximum absolute atomic E-state index is 12.1. The van der Waals surface area contributed by atoms with Crippen LogP contribution in [0.4, 0.5) is 5.13 Å². The number of anilines is 1. The van der Waals surface area contributed by atoms with Gasteiger partial charge in [0.15, 0.2) is 21.6 Å². The number of amides is 2. The quantitative estimate of drug-likeness (QED) is 0.644. The van der Waals surface area contributed by atoms with Crippen LogP contribution in [-0.2, 0) is 14.6 Å². The lowest BCUT2D eigenvalue weighted by Crippen LogP contribution is -2.20. The molecule has 0 aliphatic rings. The van der Waals surface area contributed by atoms with Crippen molar-refractivity contribution < 1.29 is 22.7 Å². The monoisotopic (exact) mass is 405 g/mol. The highest BCUT2D eigenvalue weighted by Crippen LogP contribution is 2.28. The fourth-order valence-electron chi connectivity index (χ4n) is 2.23. The summed E-state index contributed by atoms with van der Waals surface area (Å²) in [6, 6.07) is 10.8. The number of fused-ring (bicyclic) bond motifs is 1. The van der Waals surface area contributed by atoms with Gasteiger partial charge in [-0.25, -0.2) is 13.4 Å². The van der Waals surface area contributed by atoms with Gasteiger partial charge in [0.05, 0.1) is 15.1 Å². The number of hydrogen-bond donors (Lipinski definition) is 2. The number of primary amides is 1. The highest BCUT2D eigenvalue weighted by atomic mass is 32.2. The Bertz CT molecular complexity index is 1140. The van der Waals surface area contributed by atoms with Crippen molar-refractivity contribution in [2.24, 2.45) is 5.73 Å². The minimum Gasteiger partial charge on any atom is -0.484 e. The van der Waals surface area contributed by atoms with Gasteiger partial charge in [0.25, 0.3) is 5.91 Å². The van der Waals surface area contributed by atoms with E-state index in [0.29, 0.717) is 21.1 Å². The maximum atomic E-state index is 12.1. The Morgan fingerprint density at radius 1 is 1.22 bits per heavy atom. The lowest BCUT2D eigenvalue weighted by Gasteiger charge is -2.06. The molecular weight excluding hydrogens is 390 g/mol. The molecule has 3 rings (SSSR count). The summed E-state index contributed by atoms with van der Waals surface area (Å²) in [6.45, 7) is -0.285. The van der Waals surface area contributed by atoms with Crippen LogP contribution in [0.5, 0.6) is 5.75 Å². The van der Waals surface area contributed by atoms with Gasteiger partial charge < -0.3 is 10.5 Å². The molecule has 0 aliphatic heterocycles. The summed E-state index contributed by atoms with van der Waals surface area (Å²) in [4.78, 5) is 27.6. The second-order valence-corrected chi connectivity index (χ2v) is 8.70. The van der Waals surface area contributed by atoms with Crippen molar-refractivity contribution in [1.29, 1.82) is 0 Å². The van der Waals surface area contributed by atoms with Crippen LogP contribution in [0, 0.1) is 0 Å². The summed E-state index contributed by atoms with van der Waals surface area (Å²) in [5.41, 5.74) is 6.06. The van der Waals surface area contributed by atoms with Gasteiger partial charge in [-0.2, -0.15) is 0 Å². The minimum atomic E-state index is -3.32. The first-order valence-corrected chi connectivity index (χ1v) is 10.4. The minimum absolute atomic E-state index is 0.189. The number of aromatic nitrogens is 1. The van der Waals surface area contributed by atoms with Crippen LogP contribution in [-0.4, -0.2) is 38.1 Å². The molecule has 1 aromatic heterocycles. The Morgan fingerprint density at radius 2 is 2.00 bits per heavy atom. The normalized spacial score (nSPS) is 11.3. The predicted octanol–water partition coefficient (Wildman–Crippen LogP) is 1.82. The van der Waals surface area contributed by atoms with Crippen LogP contribution in [0.15, 0.2) is 47.4 Å². The number of thiazole rings is 1. The topological polar surface area (TPSA) is 128 Å². The standard InChI is InChI=1S/C17H15N3O5S2/c1-27(23,24)12-5-6-13-14(8-12)26-17(19-13)20-15(21)9-25-11-4-2-3-10(7-11)16(18)22/h2-8H,9H2,1H3,(H2,18,22)(H,19,20,21). The number of ether oxygens (including phenoxy) is 1. The Kier molecular flexibility index (Phi) is 5.10. The molecule has 0 radical (unpaired) electrons. The molecule has 140 valence electrons. The lowest BCUT2D eigenvalue weighted by atomic mass is 10.2. The molecule has 0 aliphatic carbocycles. The molecule has 0 unspecified atom stereocenters. The highest BCUT2D eigenvalue weighted by molar-refractivity contribution is 7.90. The first-order valence-electron chi connectivity index (χ1n) is 7.65. The van der Waals surface area contributed by atoms with Crippen molar-refractivity contribution in [3.05, 3.63) is 48.0 Å². The number of benzene rings is 2. The van der Waals surface area contributed by atoms with Crippen LogP contribution in [0.3, 0.4) is 0 Å². The van der Waals surface area contributed by atoms with E-state index in [-0.39, 0.29) is 17.1 Å². The number of rotatable bonds is 6. The van der Waals surface area contributed by atoms with Crippen molar-refractivity contribution in [2.45, 2.75) is 4.90 Å². The first kappa shape index (κ1) is 18.8. The highest BCUT2D eigenvalue weighted by Gasteiger charge is 2.12. The Morgan fingerprint density at radius 3 is 2.70 bits per heavy atom. The van der Waals surface area contributed by atoms with E-state index in [0.717, 1.165) is 17.6 Å². The molecule has 10 heteroatoms. The zero-order valence-electron chi connectivity index (χ0n) is 14.1. The first-order chi connectivity index (χ1) is 12.7. The third-order valence-electron chi connectivity index (χ3n) is 3.52. The van der Waals surface area contributed by atoms with E-state index in [2.05, 4.69) is 10.3 Å². The predicted molar refractivity (Wildman–Crippen MR) is 102 cm³/mol. The molecular formula is C17H15N3O5S2. The van der Waals surface area contributed by atoms with E-state index in [1.165, 1.54) is 18.2 Å². The number of carbonyl (C=O) groups excluding carboxylic acids is 2. The number of nitrogens with two attached hydrogens (primary N) is 1. The van der Waals surface area contributed by atoms with Gasteiger partial charge in [0.2, 0.25) is 5.91 Å². The fraction of sp³-hybridized carbons (Fsp3) is 0.118. The van der Waals surface area contributed by atoms with Gasteiger partial charge in [0, 0.05) is 11.8 Å². The Labute approximate surface area is 158 Å². The second-order valence-electron chi connectivity index (χ2n) is 5.65. The molecule has 0 fully saturated rings. The summed E-state index contributed by atoms with van der Waals surface area (Å²) in [5, 5.41) is 2.93. The van der Waals surface area contributed by atoms with Gasteiger partial charge in [0.1, 0.15) is 5.75 Å². The largest absolute Gasteiger partial charge is 0.484 e. The van der Waals surface area contributed by atoms with Crippen LogP contribution >= 0.6 is 11.3 Å². The number of nitrogens with zero attached hydrogens (tertiary/aromatic N) is 1. The molecule has 8 nitrogen and oxygen atoms in total. The third-order valence-corrected chi connectivity index (χ3v) is 5.57. The van der Waals surface area contributed by atoms with Crippen LogP contribution in [0.2, 0.25) is 0 Å². The molecule has 0 saturated heterocycles. The fourth-order valence-corrected chi connectivity index (χ4v) is 3.88. The van der Waals surface area contributed by atoms with E-state index >= 15 is 0 Å². The Hall–Kier alpha value is -2.98.